The smallest absolute Gasteiger partial charge is 0.129 e. The number of aryl methyl sites for hydroxylation is 2. The van der Waals surface area contributed by atoms with Gasteiger partial charge in [-0.15, -0.1) is 0 Å². The van der Waals surface area contributed by atoms with Gasteiger partial charge in [-0.3, -0.25) is 4.90 Å². The van der Waals surface area contributed by atoms with Gasteiger partial charge in [0.2, 0.25) is 0 Å². The van der Waals surface area contributed by atoms with E-state index in [0.717, 1.165) is 55.0 Å². The molecule has 0 aliphatic carbocycles. The first kappa shape index (κ1) is 15.3. The second-order valence-electron chi connectivity index (χ2n) is 5.77. The first-order valence-electron chi connectivity index (χ1n) is 7.66. The van der Waals surface area contributed by atoms with E-state index in [1.165, 1.54) is 11.1 Å². The third-order valence-corrected chi connectivity index (χ3v) is 4.34. The van der Waals surface area contributed by atoms with E-state index in [-0.39, 0.29) is 0 Å². The van der Waals surface area contributed by atoms with Crippen LogP contribution in [-0.2, 0) is 13.0 Å². The Morgan fingerprint density at radius 1 is 1.27 bits per heavy atom. The number of nitrogens with zero attached hydrogens (tertiary/aromatic N) is 3. The van der Waals surface area contributed by atoms with Crippen molar-refractivity contribution in [2.75, 3.05) is 25.0 Å². The molecule has 0 unspecified atom stereocenters. The van der Waals surface area contributed by atoms with Crippen LogP contribution in [0.5, 0.6) is 0 Å². The van der Waals surface area contributed by atoms with E-state index < -0.39 is 0 Å². The molecule has 22 heavy (non-hydrogen) atoms. The molecule has 1 aliphatic heterocycles. The lowest BCUT2D eigenvalue weighted by atomic mass is 10.00. The van der Waals surface area contributed by atoms with Crippen LogP contribution in [0.25, 0.3) is 0 Å². The highest BCUT2D eigenvalue weighted by molar-refractivity contribution is 6.31. The van der Waals surface area contributed by atoms with Gasteiger partial charge in [0.15, 0.2) is 0 Å². The Balaban J connectivity index is 1.55. The van der Waals surface area contributed by atoms with Crippen molar-refractivity contribution in [2.45, 2.75) is 26.8 Å². The maximum absolute atomic E-state index is 6.26. The molecule has 2 aromatic rings. The van der Waals surface area contributed by atoms with Crippen molar-refractivity contribution in [2.24, 2.45) is 0 Å². The third kappa shape index (κ3) is 3.57. The van der Waals surface area contributed by atoms with Crippen LogP contribution in [0.2, 0.25) is 5.02 Å². The summed E-state index contributed by atoms with van der Waals surface area (Å²) in [6.07, 6.45) is 1.03. The maximum Gasteiger partial charge on any atom is 0.129 e. The van der Waals surface area contributed by atoms with E-state index >= 15 is 0 Å². The normalized spacial score (nSPS) is 14.7. The lowest BCUT2D eigenvalue weighted by Gasteiger charge is -2.29. The topological polar surface area (TPSA) is 41.0 Å². The van der Waals surface area contributed by atoms with Crippen LogP contribution in [-0.4, -0.2) is 34.5 Å². The molecule has 0 fully saturated rings. The fourth-order valence-corrected chi connectivity index (χ4v) is 3.25. The molecule has 3 rings (SSSR count). The number of nitrogens with one attached hydrogen (secondary N) is 1. The zero-order valence-corrected chi connectivity index (χ0v) is 13.8. The monoisotopic (exact) mass is 316 g/mol. The average Bonchev–Trinajstić information content (AvgIpc) is 2.46. The highest BCUT2D eigenvalue weighted by Gasteiger charge is 2.17. The van der Waals surface area contributed by atoms with Crippen LogP contribution >= 0.6 is 11.6 Å². The van der Waals surface area contributed by atoms with Gasteiger partial charge in [0, 0.05) is 43.0 Å². The van der Waals surface area contributed by atoms with E-state index in [4.69, 9.17) is 11.6 Å². The lowest BCUT2D eigenvalue weighted by molar-refractivity contribution is 0.264. The summed E-state index contributed by atoms with van der Waals surface area (Å²) >= 11 is 6.26. The molecular weight excluding hydrogens is 296 g/mol. The standard InChI is InChI=1S/C17H21ClN4/c1-12-10-17(21-13(2)20-12)19-7-9-22-8-6-15-14(11-22)4-3-5-16(15)18/h3-5,10H,6-9,11H2,1-2H3,(H,19,20,21). The van der Waals surface area contributed by atoms with Gasteiger partial charge >= 0.3 is 0 Å². The Morgan fingerprint density at radius 3 is 2.95 bits per heavy atom. The molecule has 0 saturated heterocycles. The van der Waals surface area contributed by atoms with Crippen LogP contribution in [0, 0.1) is 13.8 Å². The summed E-state index contributed by atoms with van der Waals surface area (Å²) in [6.45, 7) is 7.81. The Morgan fingerprint density at radius 2 is 2.14 bits per heavy atom. The van der Waals surface area contributed by atoms with E-state index in [0.29, 0.717) is 0 Å². The van der Waals surface area contributed by atoms with Crippen LogP contribution in [0.15, 0.2) is 24.3 Å². The average molecular weight is 317 g/mol. The van der Waals surface area contributed by atoms with Crippen LogP contribution in [0.3, 0.4) is 0 Å². The predicted octanol–water partition coefficient (Wildman–Crippen LogP) is 3.22. The molecule has 116 valence electrons. The molecule has 4 nitrogen and oxygen atoms in total. The molecule has 0 bridgehead atoms. The van der Waals surface area contributed by atoms with Gasteiger partial charge < -0.3 is 5.32 Å². The van der Waals surface area contributed by atoms with Crippen molar-refractivity contribution in [3.8, 4) is 0 Å². The molecule has 0 saturated carbocycles. The zero-order chi connectivity index (χ0) is 15.5. The van der Waals surface area contributed by atoms with Gasteiger partial charge in [0.05, 0.1) is 0 Å². The highest BCUT2D eigenvalue weighted by atomic mass is 35.5. The molecule has 0 spiro atoms. The summed E-state index contributed by atoms with van der Waals surface area (Å²) in [5.74, 6) is 1.72. The van der Waals surface area contributed by atoms with Crippen LogP contribution in [0.1, 0.15) is 22.6 Å². The minimum Gasteiger partial charge on any atom is -0.369 e. The van der Waals surface area contributed by atoms with E-state index in [1.54, 1.807) is 0 Å². The van der Waals surface area contributed by atoms with E-state index in [1.807, 2.05) is 32.0 Å². The van der Waals surface area contributed by atoms with Gasteiger partial charge in [-0.1, -0.05) is 23.7 Å². The SMILES string of the molecule is Cc1cc(NCCN2CCc3c(Cl)cccc3C2)nc(C)n1. The van der Waals surface area contributed by atoms with Gasteiger partial charge in [0.1, 0.15) is 11.6 Å². The largest absolute Gasteiger partial charge is 0.369 e. The predicted molar refractivity (Wildman–Crippen MR) is 90.4 cm³/mol. The number of hydrogen-bond acceptors (Lipinski definition) is 4. The number of benzene rings is 1. The number of anilines is 1. The Bertz CT molecular complexity index is 651. The van der Waals surface area contributed by atoms with Crippen molar-refractivity contribution >= 4 is 17.4 Å². The number of halogens is 1. The second kappa shape index (κ2) is 6.63. The van der Waals surface area contributed by atoms with Crippen molar-refractivity contribution in [3.05, 3.63) is 51.9 Å². The Labute approximate surface area is 136 Å². The molecule has 5 heteroatoms. The molecule has 1 aromatic heterocycles. The van der Waals surface area contributed by atoms with Crippen LogP contribution < -0.4 is 5.32 Å². The third-order valence-electron chi connectivity index (χ3n) is 3.99. The first-order valence-corrected chi connectivity index (χ1v) is 8.04. The molecule has 2 heterocycles. The fourth-order valence-electron chi connectivity index (χ4n) is 2.96. The summed E-state index contributed by atoms with van der Waals surface area (Å²) < 4.78 is 0. The summed E-state index contributed by atoms with van der Waals surface area (Å²) in [7, 11) is 0. The van der Waals surface area contributed by atoms with Crippen molar-refractivity contribution in [1.29, 1.82) is 0 Å². The summed E-state index contributed by atoms with van der Waals surface area (Å²) in [5, 5.41) is 4.29. The number of fused-ring (bicyclic) bond motifs is 1. The molecule has 0 radical (unpaired) electrons. The summed E-state index contributed by atoms with van der Waals surface area (Å²) in [6, 6.07) is 8.18. The maximum atomic E-state index is 6.26. The zero-order valence-electron chi connectivity index (χ0n) is 13.1. The molecule has 1 N–H and O–H groups in total. The van der Waals surface area contributed by atoms with E-state index in [2.05, 4.69) is 26.3 Å². The van der Waals surface area contributed by atoms with Gasteiger partial charge in [0.25, 0.3) is 0 Å². The number of rotatable bonds is 4. The molecule has 1 aliphatic rings. The lowest BCUT2D eigenvalue weighted by Crippen LogP contribution is -2.34. The quantitative estimate of drug-likeness (QED) is 0.940. The van der Waals surface area contributed by atoms with Gasteiger partial charge in [-0.25, -0.2) is 9.97 Å². The molecule has 0 amide bonds. The fraction of sp³-hybridized carbons (Fsp3) is 0.412. The summed E-state index contributed by atoms with van der Waals surface area (Å²) in [5.41, 5.74) is 3.67. The number of aromatic nitrogens is 2. The number of hydrogen-bond donors (Lipinski definition) is 1. The second-order valence-corrected chi connectivity index (χ2v) is 6.18. The Kier molecular flexibility index (Phi) is 4.60. The van der Waals surface area contributed by atoms with Crippen molar-refractivity contribution in [3.63, 3.8) is 0 Å². The Hall–Kier alpha value is -1.65. The van der Waals surface area contributed by atoms with Crippen LogP contribution in [0.4, 0.5) is 5.82 Å². The van der Waals surface area contributed by atoms with Crippen molar-refractivity contribution < 1.29 is 0 Å². The molecule has 0 atom stereocenters. The minimum absolute atomic E-state index is 0.809. The van der Waals surface area contributed by atoms with Gasteiger partial charge in [-0.2, -0.15) is 0 Å². The molecule has 1 aromatic carbocycles. The van der Waals surface area contributed by atoms with E-state index in [9.17, 15) is 0 Å². The van der Waals surface area contributed by atoms with Gasteiger partial charge in [-0.05, 0) is 37.5 Å². The molecular formula is C17H21ClN4. The first-order chi connectivity index (χ1) is 10.6. The highest BCUT2D eigenvalue weighted by Crippen LogP contribution is 2.25. The van der Waals surface area contributed by atoms with Crippen molar-refractivity contribution in [1.82, 2.24) is 14.9 Å². The minimum atomic E-state index is 0.809. The summed E-state index contributed by atoms with van der Waals surface area (Å²) in [4.78, 5) is 11.1.